The van der Waals surface area contributed by atoms with Crippen LogP contribution in [0.4, 0.5) is 0 Å². The number of rotatable bonds is 5. The van der Waals surface area contributed by atoms with Crippen LogP contribution in [0.1, 0.15) is 6.42 Å². The Morgan fingerprint density at radius 1 is 1.06 bits per heavy atom. The number of hydrogen-bond acceptors (Lipinski definition) is 6. The number of carboxylic acid groups (broad SMARTS) is 3. The molecule has 16 heavy (non-hydrogen) atoms. The molecule has 2 atom stereocenters. The summed E-state index contributed by atoms with van der Waals surface area (Å²) < 4.78 is 0. The van der Waals surface area contributed by atoms with Gasteiger partial charge in [-0.2, -0.15) is 0 Å². The van der Waals surface area contributed by atoms with Gasteiger partial charge in [-0.25, -0.2) is 9.59 Å². The second kappa shape index (κ2) is 8.59. The van der Waals surface area contributed by atoms with Gasteiger partial charge in [0.15, 0.2) is 12.2 Å². The quantitative estimate of drug-likeness (QED) is 0.316. The Morgan fingerprint density at radius 3 is 1.44 bits per heavy atom. The minimum atomic E-state index is -2.27. The normalized spacial score (nSPS) is 12.9. The van der Waals surface area contributed by atoms with E-state index >= 15 is 0 Å². The third-order valence-corrected chi connectivity index (χ3v) is 1.19. The van der Waals surface area contributed by atoms with Gasteiger partial charge in [-0.3, -0.25) is 0 Å². The zero-order valence-corrected chi connectivity index (χ0v) is 8.20. The number of carbonyl (C=O) groups is 3. The Bertz CT molecular complexity index is 235. The smallest absolute Gasteiger partial charge is 0.335 e. The van der Waals surface area contributed by atoms with Crippen molar-refractivity contribution in [3.63, 3.8) is 0 Å². The summed E-state index contributed by atoms with van der Waals surface area (Å²) in [4.78, 5) is 29.0. The predicted octanol–water partition coefficient (Wildman–Crippen LogP) is -4.75. The van der Waals surface area contributed by atoms with E-state index in [1.54, 1.807) is 0 Å². The lowest BCUT2D eigenvalue weighted by Crippen LogP contribution is -2.52. The molecule has 94 valence electrons. The minimum Gasteiger partial charge on any atom is -0.550 e. The van der Waals surface area contributed by atoms with Crippen LogP contribution in [0.3, 0.4) is 0 Å². The van der Waals surface area contributed by atoms with Crippen LogP contribution >= 0.6 is 0 Å². The molecule has 9 heteroatoms. The third kappa shape index (κ3) is 8.87. The van der Waals surface area contributed by atoms with Crippen molar-refractivity contribution >= 4 is 17.9 Å². The third-order valence-electron chi connectivity index (χ3n) is 1.19. The Labute approximate surface area is 89.7 Å². The molecule has 0 radical (unpaired) electrons. The molecule has 0 aliphatic rings. The summed E-state index contributed by atoms with van der Waals surface area (Å²) in [7, 11) is 0. The van der Waals surface area contributed by atoms with Gasteiger partial charge in [0.05, 0.1) is 6.54 Å². The molecule has 0 bridgehead atoms. The van der Waals surface area contributed by atoms with E-state index in [4.69, 9.17) is 20.4 Å². The number of carbonyl (C=O) groups excluding carboxylic acids is 1. The first-order chi connectivity index (χ1) is 7.23. The van der Waals surface area contributed by atoms with Gasteiger partial charge in [-0.15, -0.1) is 0 Å². The number of quaternary nitrogens is 1. The standard InChI is InChI=1S/C4H6O6.C3H7NO2/c5-1(3(7)8)2(6)4(9)10;4-2-1-3(5)6/h1-2,5-6H,(H,7,8)(H,9,10);1-2,4H2,(H,5,6)/t1-,2-;/m1./s1. The highest BCUT2D eigenvalue weighted by Crippen LogP contribution is 1.92. The summed E-state index contributed by atoms with van der Waals surface area (Å²) in [6.07, 6.45) is -4.46. The van der Waals surface area contributed by atoms with E-state index in [1.165, 1.54) is 0 Å². The van der Waals surface area contributed by atoms with Crippen molar-refractivity contribution in [2.75, 3.05) is 6.54 Å². The maximum atomic E-state index is 9.77. The molecule has 7 N–H and O–H groups in total. The van der Waals surface area contributed by atoms with Gasteiger partial charge >= 0.3 is 11.9 Å². The Balaban J connectivity index is 0. The van der Waals surface area contributed by atoms with E-state index in [-0.39, 0.29) is 6.42 Å². The number of aliphatic hydroxyl groups is 2. The van der Waals surface area contributed by atoms with Crippen LogP contribution in [0.5, 0.6) is 0 Å². The first-order valence-electron chi connectivity index (χ1n) is 4.04. The summed E-state index contributed by atoms with van der Waals surface area (Å²) in [5.74, 6) is -4.56. The number of aliphatic hydroxyl groups excluding tert-OH is 2. The minimum absolute atomic E-state index is 0.0694. The fourth-order valence-corrected chi connectivity index (χ4v) is 0.414. The molecular weight excluding hydrogens is 226 g/mol. The van der Waals surface area contributed by atoms with Gasteiger partial charge in [0.25, 0.3) is 0 Å². The summed E-state index contributed by atoms with van der Waals surface area (Å²) in [5, 5.41) is 42.0. The Morgan fingerprint density at radius 2 is 1.38 bits per heavy atom. The van der Waals surface area contributed by atoms with Crippen LogP contribution in [0, 0.1) is 0 Å². The molecule has 0 aromatic heterocycles. The van der Waals surface area contributed by atoms with Crippen LogP contribution in [0.15, 0.2) is 0 Å². The fourth-order valence-electron chi connectivity index (χ4n) is 0.414. The molecule has 0 heterocycles. The van der Waals surface area contributed by atoms with Crippen molar-refractivity contribution < 1.29 is 45.6 Å². The van der Waals surface area contributed by atoms with Crippen molar-refractivity contribution in [3.8, 4) is 0 Å². The molecule has 0 spiro atoms. The second-order valence-corrected chi connectivity index (χ2v) is 2.54. The summed E-state index contributed by atoms with van der Waals surface area (Å²) in [5.41, 5.74) is 3.30. The number of carboxylic acids is 3. The molecule has 0 rings (SSSR count). The highest BCUT2D eigenvalue weighted by molar-refractivity contribution is 5.83. The molecular formula is C7H13NO8. The number of hydrogen-bond donors (Lipinski definition) is 5. The molecule has 0 unspecified atom stereocenters. The van der Waals surface area contributed by atoms with Crippen LogP contribution in [0.25, 0.3) is 0 Å². The Hall–Kier alpha value is -1.71. The van der Waals surface area contributed by atoms with Gasteiger partial charge in [0.1, 0.15) is 0 Å². The van der Waals surface area contributed by atoms with Gasteiger partial charge in [0, 0.05) is 12.4 Å². The highest BCUT2D eigenvalue weighted by atomic mass is 16.4. The van der Waals surface area contributed by atoms with Crippen molar-refractivity contribution in [2.24, 2.45) is 0 Å². The van der Waals surface area contributed by atoms with E-state index in [1.807, 2.05) is 0 Å². The predicted molar refractivity (Wildman–Crippen MR) is 44.7 cm³/mol. The number of aliphatic carboxylic acids is 3. The van der Waals surface area contributed by atoms with E-state index < -0.39 is 30.1 Å². The lowest BCUT2D eigenvalue weighted by Gasteiger charge is -2.07. The summed E-state index contributed by atoms with van der Waals surface area (Å²) in [6.45, 7) is 0.419. The lowest BCUT2D eigenvalue weighted by molar-refractivity contribution is -0.374. The topological polar surface area (TPSA) is 183 Å². The maximum absolute atomic E-state index is 9.77. The second-order valence-electron chi connectivity index (χ2n) is 2.54. The van der Waals surface area contributed by atoms with Crippen LogP contribution in [-0.4, -0.2) is 57.1 Å². The largest absolute Gasteiger partial charge is 0.550 e. The fraction of sp³-hybridized carbons (Fsp3) is 0.571. The molecule has 0 saturated carbocycles. The molecule has 0 saturated heterocycles. The summed E-state index contributed by atoms with van der Waals surface area (Å²) in [6, 6.07) is 0. The molecule has 9 nitrogen and oxygen atoms in total. The Kier molecular flexibility index (Phi) is 8.97. The molecule has 0 fully saturated rings. The van der Waals surface area contributed by atoms with Gasteiger partial charge in [-0.1, -0.05) is 0 Å². The van der Waals surface area contributed by atoms with E-state index in [0.29, 0.717) is 6.54 Å². The lowest BCUT2D eigenvalue weighted by atomic mass is 10.2. The van der Waals surface area contributed by atoms with Gasteiger partial charge in [0.2, 0.25) is 0 Å². The molecule has 0 amide bonds. The SMILES string of the molecule is O=C(O)[C@H](O)[C@@H](O)C(=O)O.[NH3+]CCC(=O)[O-]. The van der Waals surface area contributed by atoms with Crippen molar-refractivity contribution in [1.29, 1.82) is 0 Å². The molecule has 0 aromatic carbocycles. The van der Waals surface area contributed by atoms with E-state index in [0.717, 1.165) is 0 Å². The van der Waals surface area contributed by atoms with Crippen LogP contribution < -0.4 is 10.8 Å². The molecule has 0 aromatic rings. The van der Waals surface area contributed by atoms with E-state index in [9.17, 15) is 19.5 Å². The molecule has 0 aliphatic heterocycles. The average molecular weight is 239 g/mol. The van der Waals surface area contributed by atoms with Gasteiger partial charge < -0.3 is 36.1 Å². The van der Waals surface area contributed by atoms with E-state index in [2.05, 4.69) is 5.73 Å². The van der Waals surface area contributed by atoms with Crippen molar-refractivity contribution in [3.05, 3.63) is 0 Å². The van der Waals surface area contributed by atoms with Crippen LogP contribution in [-0.2, 0) is 14.4 Å². The van der Waals surface area contributed by atoms with Crippen LogP contribution in [0.2, 0.25) is 0 Å². The van der Waals surface area contributed by atoms with Crippen molar-refractivity contribution in [2.45, 2.75) is 18.6 Å². The zero-order chi connectivity index (χ0) is 13.3. The molecule has 0 aliphatic carbocycles. The average Bonchev–Trinajstić information content (AvgIpc) is 2.15. The van der Waals surface area contributed by atoms with Gasteiger partial charge in [-0.05, 0) is 0 Å². The highest BCUT2D eigenvalue weighted by Gasteiger charge is 2.29. The summed E-state index contributed by atoms with van der Waals surface area (Å²) >= 11 is 0. The first kappa shape index (κ1) is 16.7. The maximum Gasteiger partial charge on any atom is 0.335 e. The zero-order valence-electron chi connectivity index (χ0n) is 8.20. The monoisotopic (exact) mass is 239 g/mol. The van der Waals surface area contributed by atoms with Crippen molar-refractivity contribution in [1.82, 2.24) is 0 Å². The first-order valence-corrected chi connectivity index (χ1v) is 4.04.